The Morgan fingerprint density at radius 3 is 2.69 bits per heavy atom. The van der Waals surface area contributed by atoms with Crippen LogP contribution in [0.15, 0.2) is 36.5 Å². The van der Waals surface area contributed by atoms with Gasteiger partial charge < -0.3 is 15.1 Å². The Bertz CT molecular complexity index is 846. The van der Waals surface area contributed by atoms with Crippen molar-refractivity contribution in [2.75, 3.05) is 20.1 Å². The molecule has 2 saturated heterocycles. The van der Waals surface area contributed by atoms with Crippen molar-refractivity contribution in [2.24, 2.45) is 0 Å². The molecule has 4 rings (SSSR count). The first-order chi connectivity index (χ1) is 12.5. The fourth-order valence-corrected chi connectivity index (χ4v) is 3.56. The summed E-state index contributed by atoms with van der Waals surface area (Å²) in [5.74, 6) is -0.345. The molecule has 1 aromatic heterocycles. The molecule has 0 spiro atoms. The van der Waals surface area contributed by atoms with E-state index < -0.39 is 6.04 Å². The molecule has 0 radical (unpaired) electrons. The zero-order valence-corrected chi connectivity index (χ0v) is 14.3. The maximum Gasteiger partial charge on any atom is 0.251 e. The van der Waals surface area contributed by atoms with Gasteiger partial charge in [-0.15, -0.1) is 0 Å². The zero-order chi connectivity index (χ0) is 18.3. The van der Waals surface area contributed by atoms with Gasteiger partial charge in [-0.25, -0.2) is 0 Å². The van der Waals surface area contributed by atoms with Crippen LogP contribution in [-0.4, -0.2) is 69.9 Å². The number of piperazine rings is 1. The van der Waals surface area contributed by atoms with Crippen molar-refractivity contribution in [2.45, 2.75) is 18.5 Å². The van der Waals surface area contributed by atoms with Crippen molar-refractivity contribution in [3.05, 3.63) is 42.1 Å². The van der Waals surface area contributed by atoms with Gasteiger partial charge in [-0.05, 0) is 30.2 Å². The normalized spacial score (nSPS) is 22.5. The van der Waals surface area contributed by atoms with E-state index >= 15 is 0 Å². The number of benzene rings is 1. The van der Waals surface area contributed by atoms with Gasteiger partial charge in [-0.2, -0.15) is 5.10 Å². The fourth-order valence-electron chi connectivity index (χ4n) is 3.56. The van der Waals surface area contributed by atoms with Crippen molar-refractivity contribution in [3.8, 4) is 11.3 Å². The average Bonchev–Trinajstić information content (AvgIpc) is 3.30. The van der Waals surface area contributed by atoms with Crippen LogP contribution in [0.3, 0.4) is 0 Å². The van der Waals surface area contributed by atoms with Gasteiger partial charge >= 0.3 is 0 Å². The summed E-state index contributed by atoms with van der Waals surface area (Å²) in [6, 6.07) is 8.36. The Balaban J connectivity index is 1.42. The second kappa shape index (κ2) is 6.29. The third kappa shape index (κ3) is 2.83. The van der Waals surface area contributed by atoms with E-state index in [1.54, 1.807) is 30.3 Å². The minimum atomic E-state index is -0.464. The number of hydrogen-bond acceptors (Lipinski definition) is 4. The molecule has 0 saturated carbocycles. The second-order valence-electron chi connectivity index (χ2n) is 6.71. The number of aromatic nitrogens is 2. The number of rotatable bonds is 3. The van der Waals surface area contributed by atoms with E-state index in [0.29, 0.717) is 18.5 Å². The van der Waals surface area contributed by atoms with Crippen molar-refractivity contribution in [3.63, 3.8) is 0 Å². The summed E-state index contributed by atoms with van der Waals surface area (Å²) in [5, 5.41) is 9.73. The van der Waals surface area contributed by atoms with Gasteiger partial charge in [0.05, 0.1) is 12.2 Å². The molecule has 0 unspecified atom stereocenters. The van der Waals surface area contributed by atoms with Gasteiger partial charge in [0.2, 0.25) is 11.8 Å². The second-order valence-corrected chi connectivity index (χ2v) is 6.71. The number of nitrogens with zero attached hydrogens (tertiary/aromatic N) is 3. The predicted molar refractivity (Wildman–Crippen MR) is 93.0 cm³/mol. The van der Waals surface area contributed by atoms with E-state index in [9.17, 15) is 14.4 Å². The molecule has 8 nitrogen and oxygen atoms in total. The quantitative estimate of drug-likeness (QED) is 0.826. The number of likely N-dealkylation sites (N-methyl/N-ethyl adjacent to an activating group) is 1. The number of hydrogen-bond donors (Lipinski definition) is 2. The van der Waals surface area contributed by atoms with Gasteiger partial charge in [0.25, 0.3) is 5.91 Å². The lowest BCUT2D eigenvalue weighted by atomic mass is 10.1. The minimum absolute atomic E-state index is 0.0646. The van der Waals surface area contributed by atoms with Gasteiger partial charge in [0.1, 0.15) is 6.04 Å². The minimum Gasteiger partial charge on any atom is -0.347 e. The molecule has 1 aromatic carbocycles. The monoisotopic (exact) mass is 353 g/mol. The number of nitrogens with one attached hydrogen (secondary N) is 2. The van der Waals surface area contributed by atoms with Gasteiger partial charge in [-0.3, -0.25) is 19.5 Å². The highest BCUT2D eigenvalue weighted by molar-refractivity contribution is 5.97. The summed E-state index contributed by atoms with van der Waals surface area (Å²) in [5.41, 5.74) is 2.36. The molecule has 8 heteroatoms. The zero-order valence-electron chi connectivity index (χ0n) is 14.3. The molecule has 2 aliphatic heterocycles. The largest absolute Gasteiger partial charge is 0.347 e. The van der Waals surface area contributed by atoms with Crippen molar-refractivity contribution >= 4 is 17.7 Å². The van der Waals surface area contributed by atoms with Gasteiger partial charge in [0, 0.05) is 31.4 Å². The van der Waals surface area contributed by atoms with E-state index in [1.807, 2.05) is 18.2 Å². The van der Waals surface area contributed by atoms with Crippen molar-refractivity contribution in [1.82, 2.24) is 25.3 Å². The van der Waals surface area contributed by atoms with E-state index in [-0.39, 0.29) is 30.3 Å². The molecule has 2 atom stereocenters. The van der Waals surface area contributed by atoms with Crippen LogP contribution in [-0.2, 0) is 9.59 Å². The number of carbonyl (C=O) groups is 3. The molecule has 3 heterocycles. The fraction of sp³-hybridized carbons (Fsp3) is 0.333. The smallest absolute Gasteiger partial charge is 0.251 e. The topological polar surface area (TPSA) is 98.4 Å². The third-order valence-electron chi connectivity index (χ3n) is 4.95. The summed E-state index contributed by atoms with van der Waals surface area (Å²) in [6.45, 7) is 0.478. The van der Waals surface area contributed by atoms with Gasteiger partial charge in [-0.1, -0.05) is 12.1 Å². The van der Waals surface area contributed by atoms with Crippen LogP contribution in [0, 0.1) is 0 Å². The predicted octanol–water partition coefficient (Wildman–Crippen LogP) is 0.248. The van der Waals surface area contributed by atoms with Crippen molar-refractivity contribution < 1.29 is 14.4 Å². The first kappa shape index (κ1) is 16.3. The summed E-state index contributed by atoms with van der Waals surface area (Å²) in [6.07, 6.45) is 2.12. The molecule has 0 aliphatic carbocycles. The Kier molecular flexibility index (Phi) is 3.95. The van der Waals surface area contributed by atoms with E-state index in [2.05, 4.69) is 15.5 Å². The summed E-state index contributed by atoms with van der Waals surface area (Å²) >= 11 is 0. The summed E-state index contributed by atoms with van der Waals surface area (Å²) in [4.78, 5) is 39.8. The number of aromatic amines is 1. The molecule has 26 heavy (non-hydrogen) atoms. The lowest BCUT2D eigenvalue weighted by Gasteiger charge is -2.33. The van der Waals surface area contributed by atoms with Crippen molar-refractivity contribution in [1.29, 1.82) is 0 Å². The summed E-state index contributed by atoms with van der Waals surface area (Å²) in [7, 11) is 1.63. The van der Waals surface area contributed by atoms with E-state index in [0.717, 1.165) is 11.3 Å². The molecular formula is C18H19N5O3. The number of amides is 3. The molecule has 2 fully saturated rings. The molecule has 2 aromatic rings. The van der Waals surface area contributed by atoms with Crippen LogP contribution in [0.1, 0.15) is 16.8 Å². The number of fused-ring (bicyclic) bond motifs is 1. The van der Waals surface area contributed by atoms with Crippen LogP contribution in [0.25, 0.3) is 11.3 Å². The molecule has 3 amide bonds. The van der Waals surface area contributed by atoms with Crippen LogP contribution in [0.5, 0.6) is 0 Å². The maximum absolute atomic E-state index is 12.5. The van der Waals surface area contributed by atoms with E-state index in [1.165, 1.54) is 4.90 Å². The highest BCUT2D eigenvalue weighted by Gasteiger charge is 2.44. The Labute approximate surface area is 150 Å². The Morgan fingerprint density at radius 1 is 1.23 bits per heavy atom. The molecule has 0 bridgehead atoms. The van der Waals surface area contributed by atoms with Crippen LogP contribution >= 0.6 is 0 Å². The number of carbonyl (C=O) groups excluding carboxylic acids is 3. The lowest BCUT2D eigenvalue weighted by Crippen LogP contribution is -2.55. The van der Waals surface area contributed by atoms with Gasteiger partial charge in [0.15, 0.2) is 0 Å². The van der Waals surface area contributed by atoms with E-state index in [4.69, 9.17) is 0 Å². The Morgan fingerprint density at radius 2 is 2.00 bits per heavy atom. The Hall–Kier alpha value is -3.16. The standard InChI is InChI=1S/C18H19N5O3/c1-22-10-16(24)23-9-13(8-15(23)18(22)26)20-17(25)12-4-2-11(3-5-12)14-6-7-19-21-14/h2-7,13,15H,8-10H2,1H3,(H,19,21)(H,20,25)/t13-,15+/m1/s1. The lowest BCUT2D eigenvalue weighted by molar-refractivity contribution is -0.152. The van der Waals surface area contributed by atoms with Crippen LogP contribution in [0.4, 0.5) is 0 Å². The maximum atomic E-state index is 12.5. The third-order valence-corrected chi connectivity index (χ3v) is 4.95. The van der Waals surface area contributed by atoms with Crippen LogP contribution in [0.2, 0.25) is 0 Å². The first-order valence-corrected chi connectivity index (χ1v) is 8.48. The summed E-state index contributed by atoms with van der Waals surface area (Å²) < 4.78 is 0. The van der Waals surface area contributed by atoms with Crippen LogP contribution < -0.4 is 5.32 Å². The molecule has 134 valence electrons. The molecule has 2 aliphatic rings. The average molecular weight is 353 g/mol. The highest BCUT2D eigenvalue weighted by atomic mass is 16.2. The molecular weight excluding hydrogens is 334 g/mol. The SMILES string of the molecule is CN1CC(=O)N2C[C@H](NC(=O)c3ccc(-c4ccn[nH]4)cc3)C[C@H]2C1=O. The molecule has 2 N–H and O–H groups in total. The highest BCUT2D eigenvalue weighted by Crippen LogP contribution is 2.24. The number of H-pyrrole nitrogens is 1. The first-order valence-electron chi connectivity index (χ1n) is 8.48.